The number of aliphatic hydroxyl groups excluding tert-OH is 5. The van der Waals surface area contributed by atoms with Gasteiger partial charge in [-0.15, -0.1) is 0 Å². The summed E-state index contributed by atoms with van der Waals surface area (Å²) >= 11 is 0. The molecule has 0 rings (SSSR count). The number of nitrogens with two attached hydrogens (primary N) is 1. The monoisotopic (exact) mass is 465 g/mol. The fourth-order valence-corrected chi connectivity index (χ4v) is 3.36. The molecule has 0 heterocycles. The summed E-state index contributed by atoms with van der Waals surface area (Å²) in [5.74, 6) is -1.73. The van der Waals surface area contributed by atoms with Crippen LogP contribution in [-0.2, 0) is 4.79 Å². The van der Waals surface area contributed by atoms with E-state index in [1.54, 1.807) is 0 Å². The van der Waals surface area contributed by atoms with Crippen molar-refractivity contribution in [3.63, 3.8) is 0 Å². The zero-order chi connectivity index (χ0) is 24.6. The Morgan fingerprint density at radius 1 is 0.656 bits per heavy atom. The highest BCUT2D eigenvalue weighted by Gasteiger charge is 2.33. The first-order chi connectivity index (χ1) is 15.3. The van der Waals surface area contributed by atoms with E-state index in [9.17, 15) is 4.79 Å². The van der Waals surface area contributed by atoms with Crippen LogP contribution < -0.4 is 5.73 Å². The number of hydrogen-bond donors (Lipinski definition) is 7. The van der Waals surface area contributed by atoms with Crippen molar-refractivity contribution in [1.29, 1.82) is 0 Å². The van der Waals surface area contributed by atoms with Crippen molar-refractivity contribution >= 4 is 5.97 Å². The lowest BCUT2D eigenvalue weighted by Crippen LogP contribution is -2.48. The third kappa shape index (κ3) is 21.1. The van der Waals surface area contributed by atoms with Crippen molar-refractivity contribution in [3.8, 4) is 0 Å². The molecule has 0 aliphatic rings. The molecule has 8 nitrogen and oxygen atoms in total. The molecule has 4 unspecified atom stereocenters. The van der Waals surface area contributed by atoms with Crippen LogP contribution in [0.25, 0.3) is 0 Å². The first-order valence-corrected chi connectivity index (χ1v) is 12.6. The van der Waals surface area contributed by atoms with Crippen molar-refractivity contribution < 1.29 is 35.4 Å². The van der Waals surface area contributed by atoms with E-state index in [-0.39, 0.29) is 0 Å². The Labute approximate surface area is 194 Å². The molecule has 0 aromatic rings. The number of rotatable bonds is 21. The summed E-state index contributed by atoms with van der Waals surface area (Å²) in [5, 5.41) is 51.8. The van der Waals surface area contributed by atoms with Gasteiger partial charge in [0.2, 0.25) is 0 Å². The van der Waals surface area contributed by atoms with Crippen molar-refractivity contribution in [2.24, 2.45) is 5.73 Å². The van der Waals surface area contributed by atoms with Crippen molar-refractivity contribution in [3.05, 3.63) is 0 Å². The van der Waals surface area contributed by atoms with Crippen LogP contribution in [0.1, 0.15) is 110 Å². The minimum Gasteiger partial charge on any atom is -0.479 e. The number of carbonyl (C=O) groups is 1. The Bertz CT molecular complexity index is 383. The molecule has 194 valence electrons. The number of unbranched alkanes of at least 4 members (excludes halogenated alkanes) is 15. The Kier molecular flexibility index (Phi) is 26.0. The summed E-state index contributed by atoms with van der Waals surface area (Å²) < 4.78 is 0. The number of aliphatic hydroxyl groups is 5. The Hall–Kier alpha value is -0.770. The molecule has 8 heteroatoms. The van der Waals surface area contributed by atoms with E-state index in [4.69, 9.17) is 36.4 Å². The smallest absolute Gasteiger partial charge is 0.335 e. The molecule has 0 aromatic heterocycles. The van der Waals surface area contributed by atoms with Gasteiger partial charge in [0.15, 0.2) is 6.10 Å². The molecule has 32 heavy (non-hydrogen) atoms. The Morgan fingerprint density at radius 2 is 1.00 bits per heavy atom. The minimum atomic E-state index is -2.20. The van der Waals surface area contributed by atoms with Crippen LogP contribution in [-0.4, -0.2) is 74.2 Å². The SMILES string of the molecule is CCCCCCCCCCCCCCCCCCN.O=C(O)C(O)C(O)C(O)C(O)CO. The van der Waals surface area contributed by atoms with E-state index in [1.807, 2.05) is 0 Å². The molecule has 0 bridgehead atoms. The normalized spacial score (nSPS) is 14.8. The summed E-state index contributed by atoms with van der Waals surface area (Å²) in [6.07, 6.45) is 15.0. The maximum atomic E-state index is 10.1. The number of carboxylic acid groups (broad SMARTS) is 1. The lowest BCUT2D eigenvalue weighted by Gasteiger charge is -2.23. The van der Waals surface area contributed by atoms with Crippen LogP contribution in [0.2, 0.25) is 0 Å². The lowest BCUT2D eigenvalue weighted by molar-refractivity contribution is -0.164. The molecule has 0 saturated carbocycles. The van der Waals surface area contributed by atoms with Crippen molar-refractivity contribution in [2.45, 2.75) is 134 Å². The molecule has 0 amide bonds. The molecule has 4 atom stereocenters. The first-order valence-electron chi connectivity index (χ1n) is 12.6. The molecule has 0 saturated heterocycles. The molecule has 0 fully saturated rings. The van der Waals surface area contributed by atoms with Gasteiger partial charge in [-0.2, -0.15) is 0 Å². The summed E-state index contributed by atoms with van der Waals surface area (Å²) in [7, 11) is 0. The topological polar surface area (TPSA) is 164 Å². The third-order valence-corrected chi connectivity index (χ3v) is 5.57. The van der Waals surface area contributed by atoms with E-state index >= 15 is 0 Å². The van der Waals surface area contributed by atoms with Gasteiger partial charge >= 0.3 is 5.97 Å². The van der Waals surface area contributed by atoms with Gasteiger partial charge in [-0.25, -0.2) is 4.79 Å². The van der Waals surface area contributed by atoms with Gasteiger partial charge in [-0.05, 0) is 13.0 Å². The lowest BCUT2D eigenvalue weighted by atomic mass is 10.0. The second-order valence-electron chi connectivity index (χ2n) is 8.61. The Morgan fingerprint density at radius 3 is 1.28 bits per heavy atom. The highest BCUT2D eigenvalue weighted by molar-refractivity contribution is 5.72. The average molecular weight is 466 g/mol. The van der Waals surface area contributed by atoms with Gasteiger partial charge in [0.05, 0.1) is 6.61 Å². The summed E-state index contributed by atoms with van der Waals surface area (Å²) in [5.41, 5.74) is 5.48. The number of hydrogen-bond acceptors (Lipinski definition) is 7. The molecule has 0 aliphatic carbocycles. The minimum absolute atomic E-state index is 0.843. The molecule has 0 spiro atoms. The van der Waals surface area contributed by atoms with Gasteiger partial charge in [0.1, 0.15) is 18.3 Å². The van der Waals surface area contributed by atoms with Crippen molar-refractivity contribution in [1.82, 2.24) is 0 Å². The second-order valence-corrected chi connectivity index (χ2v) is 8.61. The molecular weight excluding hydrogens is 414 g/mol. The van der Waals surface area contributed by atoms with Crippen LogP contribution in [0, 0.1) is 0 Å². The third-order valence-electron chi connectivity index (χ3n) is 5.57. The van der Waals surface area contributed by atoms with Gasteiger partial charge in [-0.1, -0.05) is 103 Å². The molecule has 0 aliphatic heterocycles. The molecular formula is C24H51NO7. The fourth-order valence-electron chi connectivity index (χ4n) is 3.36. The molecule has 8 N–H and O–H groups in total. The van der Waals surface area contributed by atoms with Crippen LogP contribution in [0.4, 0.5) is 0 Å². The standard InChI is InChI=1S/C18H39N.C6H12O7/c1-2-3-4-5-6-7-8-9-10-11-12-13-14-15-16-17-18-19;7-1-2(8)3(9)4(10)5(11)6(12)13/h2-19H2,1H3;2-5,7-11H,1H2,(H,12,13). The zero-order valence-corrected chi connectivity index (χ0v) is 20.2. The maximum absolute atomic E-state index is 10.1. The second kappa shape index (κ2) is 24.9. The quantitative estimate of drug-likeness (QED) is 0.127. The maximum Gasteiger partial charge on any atom is 0.335 e. The van der Waals surface area contributed by atoms with Crippen LogP contribution >= 0.6 is 0 Å². The summed E-state index contributed by atoms with van der Waals surface area (Å²) in [6, 6.07) is 0. The van der Waals surface area contributed by atoms with Gasteiger partial charge < -0.3 is 36.4 Å². The van der Waals surface area contributed by atoms with Crippen LogP contribution in [0.15, 0.2) is 0 Å². The van der Waals surface area contributed by atoms with E-state index in [0.29, 0.717) is 0 Å². The number of aliphatic carboxylic acids is 1. The zero-order valence-electron chi connectivity index (χ0n) is 20.2. The highest BCUT2D eigenvalue weighted by Crippen LogP contribution is 2.13. The molecule has 0 aromatic carbocycles. The first kappa shape index (κ1) is 33.4. The van der Waals surface area contributed by atoms with E-state index in [2.05, 4.69) is 6.92 Å². The Balaban J connectivity index is 0. The summed E-state index contributed by atoms with van der Waals surface area (Å²) in [6.45, 7) is 2.32. The van der Waals surface area contributed by atoms with Crippen molar-refractivity contribution in [2.75, 3.05) is 13.2 Å². The predicted octanol–water partition coefficient (Wildman–Crippen LogP) is 2.71. The van der Waals surface area contributed by atoms with Crippen LogP contribution in [0.3, 0.4) is 0 Å². The fraction of sp³-hybridized carbons (Fsp3) is 0.958. The molecule has 0 radical (unpaired) electrons. The number of carboxylic acids is 1. The average Bonchev–Trinajstić information content (AvgIpc) is 2.79. The highest BCUT2D eigenvalue weighted by atomic mass is 16.4. The van der Waals surface area contributed by atoms with Gasteiger partial charge in [0.25, 0.3) is 0 Å². The largest absolute Gasteiger partial charge is 0.479 e. The van der Waals surface area contributed by atoms with Gasteiger partial charge in [0, 0.05) is 0 Å². The van der Waals surface area contributed by atoms with Crippen LogP contribution in [0.5, 0.6) is 0 Å². The van der Waals surface area contributed by atoms with E-state index < -0.39 is 37.0 Å². The van der Waals surface area contributed by atoms with E-state index in [1.165, 1.54) is 103 Å². The summed E-state index contributed by atoms with van der Waals surface area (Å²) in [4.78, 5) is 10.1. The van der Waals surface area contributed by atoms with E-state index in [0.717, 1.165) is 6.54 Å². The van der Waals surface area contributed by atoms with Gasteiger partial charge in [-0.3, -0.25) is 0 Å². The predicted molar refractivity (Wildman–Crippen MR) is 127 cm³/mol.